The Morgan fingerprint density at radius 2 is 0.857 bits per heavy atom. The molecule has 1 N–H and O–H groups in total. The molecule has 0 aliphatic rings. The lowest BCUT2D eigenvalue weighted by atomic mass is 10.0. The minimum absolute atomic E-state index is 0.311. The highest BCUT2D eigenvalue weighted by molar-refractivity contribution is 5.66. The summed E-state index contributed by atoms with van der Waals surface area (Å²) in [5, 5.41) is 9.18. The Labute approximate surface area is 221 Å². The molecule has 0 saturated heterocycles. The van der Waals surface area contributed by atoms with Crippen molar-refractivity contribution in [3.8, 4) is 0 Å². The standard InChI is InChI=1S/C32H65NO2/c1-4-7-9-11-13-15-17-19-21-23-25-29-33(31(6-3)27-28-32(34)35)30-26-24-22-20-18-16-14-12-10-8-5-2/h31H,4-30H2,1-3H3,(H,34,35). The lowest BCUT2D eigenvalue weighted by molar-refractivity contribution is -0.137. The molecule has 0 bridgehead atoms. The first-order chi connectivity index (χ1) is 17.2. The summed E-state index contributed by atoms with van der Waals surface area (Å²) in [6.45, 7) is 9.13. The fourth-order valence-electron chi connectivity index (χ4n) is 5.37. The van der Waals surface area contributed by atoms with Gasteiger partial charge in [-0.15, -0.1) is 0 Å². The molecule has 210 valence electrons. The summed E-state index contributed by atoms with van der Waals surface area (Å²) in [6.07, 6.45) is 32.6. The molecule has 0 fully saturated rings. The molecule has 0 spiro atoms. The number of rotatable bonds is 29. The second-order valence-corrected chi connectivity index (χ2v) is 11.1. The van der Waals surface area contributed by atoms with E-state index >= 15 is 0 Å². The van der Waals surface area contributed by atoms with Gasteiger partial charge in [0.05, 0.1) is 0 Å². The monoisotopic (exact) mass is 496 g/mol. The van der Waals surface area contributed by atoms with Crippen molar-refractivity contribution in [3.63, 3.8) is 0 Å². The average molecular weight is 496 g/mol. The summed E-state index contributed by atoms with van der Waals surface area (Å²) in [7, 11) is 0. The molecular formula is C32H65NO2. The number of aliphatic carboxylic acids is 1. The highest BCUT2D eigenvalue weighted by Gasteiger charge is 2.17. The highest BCUT2D eigenvalue weighted by atomic mass is 16.4. The zero-order valence-electron chi connectivity index (χ0n) is 24.5. The number of unbranched alkanes of at least 4 members (excludes halogenated alkanes) is 20. The molecule has 0 aromatic carbocycles. The lowest BCUT2D eigenvalue weighted by Crippen LogP contribution is -2.37. The van der Waals surface area contributed by atoms with Crippen LogP contribution in [0.2, 0.25) is 0 Å². The number of carbonyl (C=O) groups is 1. The van der Waals surface area contributed by atoms with Crippen molar-refractivity contribution in [2.24, 2.45) is 0 Å². The second-order valence-electron chi connectivity index (χ2n) is 11.1. The van der Waals surface area contributed by atoms with Crippen LogP contribution in [0.25, 0.3) is 0 Å². The Balaban J connectivity index is 4.01. The zero-order valence-corrected chi connectivity index (χ0v) is 24.5. The number of hydrogen-bond donors (Lipinski definition) is 1. The largest absolute Gasteiger partial charge is 0.481 e. The van der Waals surface area contributed by atoms with Gasteiger partial charge in [-0.2, -0.15) is 0 Å². The predicted molar refractivity (Wildman–Crippen MR) is 155 cm³/mol. The summed E-state index contributed by atoms with van der Waals surface area (Å²) < 4.78 is 0. The Morgan fingerprint density at radius 1 is 0.543 bits per heavy atom. The molecule has 1 unspecified atom stereocenters. The van der Waals surface area contributed by atoms with Gasteiger partial charge >= 0.3 is 5.97 Å². The van der Waals surface area contributed by atoms with Crippen molar-refractivity contribution in [2.75, 3.05) is 13.1 Å². The van der Waals surface area contributed by atoms with Gasteiger partial charge in [0.2, 0.25) is 0 Å². The Hall–Kier alpha value is -0.570. The first-order valence-corrected chi connectivity index (χ1v) is 16.1. The maximum absolute atomic E-state index is 11.1. The van der Waals surface area contributed by atoms with Crippen molar-refractivity contribution in [2.45, 2.75) is 187 Å². The van der Waals surface area contributed by atoms with E-state index in [2.05, 4.69) is 25.7 Å². The molecule has 0 aliphatic carbocycles. The molecule has 0 rings (SSSR count). The Bertz CT molecular complexity index is 400. The van der Waals surface area contributed by atoms with E-state index in [1.807, 2.05) is 0 Å². The van der Waals surface area contributed by atoms with Crippen LogP contribution in [0.5, 0.6) is 0 Å². The quantitative estimate of drug-likeness (QED) is 0.105. The van der Waals surface area contributed by atoms with Crippen LogP contribution in [-0.2, 0) is 4.79 Å². The highest BCUT2D eigenvalue weighted by Crippen LogP contribution is 2.17. The van der Waals surface area contributed by atoms with Crippen molar-refractivity contribution in [1.82, 2.24) is 4.90 Å². The van der Waals surface area contributed by atoms with E-state index in [-0.39, 0.29) is 0 Å². The van der Waals surface area contributed by atoms with Crippen LogP contribution in [0.15, 0.2) is 0 Å². The van der Waals surface area contributed by atoms with Gasteiger partial charge in [0.1, 0.15) is 0 Å². The lowest BCUT2D eigenvalue weighted by Gasteiger charge is -2.31. The summed E-state index contributed by atoms with van der Waals surface area (Å²) in [4.78, 5) is 13.8. The minimum Gasteiger partial charge on any atom is -0.481 e. The van der Waals surface area contributed by atoms with Crippen LogP contribution in [0.1, 0.15) is 181 Å². The van der Waals surface area contributed by atoms with Gasteiger partial charge in [0, 0.05) is 12.5 Å². The summed E-state index contributed by atoms with van der Waals surface area (Å²) in [6, 6.07) is 0.442. The molecule has 3 heteroatoms. The Morgan fingerprint density at radius 3 is 1.14 bits per heavy atom. The first kappa shape index (κ1) is 34.4. The summed E-state index contributed by atoms with van der Waals surface area (Å²) >= 11 is 0. The molecule has 0 aromatic heterocycles. The second kappa shape index (κ2) is 28.0. The van der Waals surface area contributed by atoms with Crippen molar-refractivity contribution in [3.05, 3.63) is 0 Å². The van der Waals surface area contributed by atoms with E-state index in [0.29, 0.717) is 12.5 Å². The van der Waals surface area contributed by atoms with E-state index in [0.717, 1.165) is 25.9 Å². The van der Waals surface area contributed by atoms with Gasteiger partial charge in [-0.05, 0) is 38.8 Å². The SMILES string of the molecule is CCCCCCCCCCCCCN(CCCCCCCCCCCCC)C(CC)CCC(=O)O. The van der Waals surface area contributed by atoms with E-state index in [1.54, 1.807) is 0 Å². The zero-order chi connectivity index (χ0) is 25.8. The maximum atomic E-state index is 11.1. The average Bonchev–Trinajstić information content (AvgIpc) is 2.85. The van der Waals surface area contributed by atoms with E-state index < -0.39 is 5.97 Å². The molecule has 0 radical (unpaired) electrons. The van der Waals surface area contributed by atoms with Crippen molar-refractivity contribution >= 4 is 5.97 Å². The minimum atomic E-state index is -0.646. The fraction of sp³-hybridized carbons (Fsp3) is 0.969. The maximum Gasteiger partial charge on any atom is 0.303 e. The van der Waals surface area contributed by atoms with E-state index in [4.69, 9.17) is 0 Å². The topological polar surface area (TPSA) is 40.5 Å². The molecule has 3 nitrogen and oxygen atoms in total. The number of carboxylic acid groups (broad SMARTS) is 1. The van der Waals surface area contributed by atoms with Crippen molar-refractivity contribution in [1.29, 1.82) is 0 Å². The number of nitrogens with zero attached hydrogens (tertiary/aromatic N) is 1. The normalized spacial score (nSPS) is 12.5. The van der Waals surface area contributed by atoms with Gasteiger partial charge in [-0.1, -0.05) is 149 Å². The van der Waals surface area contributed by atoms with Crippen LogP contribution < -0.4 is 0 Å². The number of carboxylic acids is 1. The van der Waals surface area contributed by atoms with Gasteiger partial charge in [0.15, 0.2) is 0 Å². The molecule has 0 heterocycles. The van der Waals surface area contributed by atoms with Gasteiger partial charge in [-0.3, -0.25) is 4.79 Å². The van der Waals surface area contributed by atoms with Gasteiger partial charge in [0.25, 0.3) is 0 Å². The molecule has 0 aliphatic heterocycles. The molecule has 0 aromatic rings. The third-order valence-electron chi connectivity index (χ3n) is 7.78. The Kier molecular flexibility index (Phi) is 27.6. The summed E-state index contributed by atoms with van der Waals surface area (Å²) in [5.74, 6) is -0.646. The van der Waals surface area contributed by atoms with Crippen molar-refractivity contribution < 1.29 is 9.90 Å². The van der Waals surface area contributed by atoms with Crippen LogP contribution in [0.4, 0.5) is 0 Å². The molecule has 35 heavy (non-hydrogen) atoms. The molecule has 1 atom stereocenters. The van der Waals surface area contributed by atoms with E-state index in [1.165, 1.54) is 141 Å². The van der Waals surface area contributed by atoms with Gasteiger partial charge in [-0.25, -0.2) is 0 Å². The molecule has 0 saturated carbocycles. The predicted octanol–water partition coefficient (Wildman–Crippen LogP) is 10.6. The molecule has 0 amide bonds. The van der Waals surface area contributed by atoms with Gasteiger partial charge < -0.3 is 10.0 Å². The smallest absolute Gasteiger partial charge is 0.303 e. The first-order valence-electron chi connectivity index (χ1n) is 16.1. The van der Waals surface area contributed by atoms with E-state index in [9.17, 15) is 9.90 Å². The molecular weight excluding hydrogens is 430 g/mol. The number of hydrogen-bond acceptors (Lipinski definition) is 2. The van der Waals surface area contributed by atoms with Crippen LogP contribution in [-0.4, -0.2) is 35.1 Å². The third kappa shape index (κ3) is 24.9. The van der Waals surface area contributed by atoms with Crippen LogP contribution in [0.3, 0.4) is 0 Å². The third-order valence-corrected chi connectivity index (χ3v) is 7.78. The summed E-state index contributed by atoms with van der Waals surface area (Å²) in [5.41, 5.74) is 0. The fourth-order valence-corrected chi connectivity index (χ4v) is 5.37. The van der Waals surface area contributed by atoms with Crippen LogP contribution >= 0.6 is 0 Å². The van der Waals surface area contributed by atoms with Crippen LogP contribution in [0, 0.1) is 0 Å².